The van der Waals surface area contributed by atoms with E-state index in [-0.39, 0.29) is 46.5 Å². The Morgan fingerprint density at radius 3 is 2.43 bits per heavy atom. The number of carbonyl (C=O) groups is 1. The Hall–Kier alpha value is -3.70. The Labute approximate surface area is 205 Å². The first kappa shape index (κ1) is 24.4. The zero-order chi connectivity index (χ0) is 25.2. The summed E-state index contributed by atoms with van der Waals surface area (Å²) in [5, 5.41) is 13.5. The van der Waals surface area contributed by atoms with Crippen molar-refractivity contribution in [3.05, 3.63) is 99.7 Å². The highest BCUT2D eigenvalue weighted by atomic mass is 35.5. The lowest BCUT2D eigenvalue weighted by Crippen LogP contribution is -2.23. The zero-order valence-corrected chi connectivity index (χ0v) is 19.2. The summed E-state index contributed by atoms with van der Waals surface area (Å²) in [5.41, 5.74) is -3.81. The maximum Gasteiger partial charge on any atom is 0.446 e. The van der Waals surface area contributed by atoms with E-state index in [4.69, 9.17) is 11.6 Å². The molecule has 180 valence electrons. The predicted molar refractivity (Wildman–Crippen MR) is 126 cm³/mol. The second-order valence-corrected chi connectivity index (χ2v) is 8.86. The third-order valence-corrected chi connectivity index (χ3v) is 5.78. The molecule has 4 aromatic rings. The number of hydrogen-bond acceptors (Lipinski definition) is 5. The number of carbonyl (C=O) groups excluding carboxylic acids is 1. The first-order chi connectivity index (χ1) is 16.6. The minimum Gasteiger partial charge on any atom is -0.493 e. The lowest BCUT2D eigenvalue weighted by atomic mass is 10.2. The van der Waals surface area contributed by atoms with Crippen LogP contribution in [0, 0.1) is 0 Å². The van der Waals surface area contributed by atoms with Crippen molar-refractivity contribution >= 4 is 35.1 Å². The average Bonchev–Trinajstić information content (AvgIpc) is 3.06. The summed E-state index contributed by atoms with van der Waals surface area (Å²) < 4.78 is 39.8. The largest absolute Gasteiger partial charge is 0.493 e. The number of halogens is 4. The minimum atomic E-state index is -4.43. The third-order valence-electron chi connectivity index (χ3n) is 4.79. The normalized spacial score (nSPS) is 11.4. The van der Waals surface area contributed by atoms with E-state index in [1.165, 1.54) is 41.2 Å². The second kappa shape index (κ2) is 9.88. The van der Waals surface area contributed by atoms with Crippen LogP contribution in [0.2, 0.25) is 5.02 Å². The molecule has 0 aliphatic carbocycles. The topological polar surface area (TPSA) is 89.2 Å². The van der Waals surface area contributed by atoms with E-state index in [0.29, 0.717) is 16.1 Å². The van der Waals surface area contributed by atoms with Gasteiger partial charge >= 0.3 is 11.2 Å². The summed E-state index contributed by atoms with van der Waals surface area (Å²) in [5.74, 6) is -0.507. The first-order valence-electron chi connectivity index (χ1n) is 9.98. The molecule has 0 unspecified atom stereocenters. The molecule has 4 rings (SSSR count). The van der Waals surface area contributed by atoms with Crippen LogP contribution in [0.3, 0.4) is 0 Å². The molecule has 0 radical (unpaired) electrons. The van der Waals surface area contributed by atoms with E-state index >= 15 is 0 Å². The van der Waals surface area contributed by atoms with Gasteiger partial charge in [0.2, 0.25) is 5.88 Å². The van der Waals surface area contributed by atoms with Crippen LogP contribution in [-0.4, -0.2) is 30.6 Å². The van der Waals surface area contributed by atoms with Crippen LogP contribution in [0.5, 0.6) is 5.88 Å². The number of thioether (sulfide) groups is 1. The van der Waals surface area contributed by atoms with Gasteiger partial charge < -0.3 is 10.4 Å². The molecule has 0 fully saturated rings. The average molecular weight is 521 g/mol. The van der Waals surface area contributed by atoms with Crippen molar-refractivity contribution in [2.75, 3.05) is 5.32 Å². The molecular weight excluding hydrogens is 505 g/mol. The van der Waals surface area contributed by atoms with Gasteiger partial charge in [0.05, 0.1) is 18.4 Å². The molecule has 7 nitrogen and oxygen atoms in total. The number of hydrogen-bond donors (Lipinski definition) is 2. The fourth-order valence-electron chi connectivity index (χ4n) is 3.26. The van der Waals surface area contributed by atoms with Gasteiger partial charge in [0.15, 0.2) is 0 Å². The molecule has 0 spiro atoms. The number of aromatic nitrogens is 3. The monoisotopic (exact) mass is 520 g/mol. The van der Waals surface area contributed by atoms with Gasteiger partial charge in [-0.1, -0.05) is 11.6 Å². The number of aromatic hydroxyl groups is 1. The van der Waals surface area contributed by atoms with Crippen molar-refractivity contribution < 1.29 is 23.1 Å². The zero-order valence-electron chi connectivity index (χ0n) is 17.7. The van der Waals surface area contributed by atoms with E-state index < -0.39 is 11.2 Å². The molecule has 0 atom stereocenters. The highest BCUT2D eigenvalue weighted by Crippen LogP contribution is 2.37. The fraction of sp³-hybridized carbons (Fsp3) is 0.0870. The number of anilines is 1. The Morgan fingerprint density at radius 2 is 1.77 bits per heavy atom. The van der Waals surface area contributed by atoms with Gasteiger partial charge in [-0.15, -0.1) is 0 Å². The molecule has 2 heterocycles. The van der Waals surface area contributed by atoms with Gasteiger partial charge in [0, 0.05) is 21.7 Å². The maximum absolute atomic E-state index is 12.9. The fourth-order valence-corrected chi connectivity index (χ4v) is 3.92. The molecule has 0 aliphatic rings. The molecule has 2 aromatic carbocycles. The lowest BCUT2D eigenvalue weighted by Gasteiger charge is -2.08. The van der Waals surface area contributed by atoms with E-state index in [9.17, 15) is 27.9 Å². The van der Waals surface area contributed by atoms with Crippen molar-refractivity contribution in [3.8, 4) is 11.6 Å². The summed E-state index contributed by atoms with van der Waals surface area (Å²) in [6.07, 6.45) is 2.68. The number of alkyl halides is 3. The highest BCUT2D eigenvalue weighted by Gasteiger charge is 2.29. The first-order valence-corrected chi connectivity index (χ1v) is 11.2. The SMILES string of the molecule is O=C(Nc1cc(Cn2cc(O)n(-c3ccc(SC(F)(F)F)cc3)c2=O)ccn1)c1ccc(Cl)cc1. The van der Waals surface area contributed by atoms with E-state index in [1.807, 2.05) is 0 Å². The number of nitrogens with zero attached hydrogens (tertiary/aromatic N) is 3. The van der Waals surface area contributed by atoms with Crippen LogP contribution in [-0.2, 0) is 6.54 Å². The number of rotatable bonds is 6. The number of pyridine rings is 1. The quantitative estimate of drug-likeness (QED) is 0.337. The smallest absolute Gasteiger partial charge is 0.446 e. The molecule has 0 bridgehead atoms. The van der Waals surface area contributed by atoms with Crippen LogP contribution in [0.1, 0.15) is 15.9 Å². The molecule has 2 aromatic heterocycles. The van der Waals surface area contributed by atoms with Gasteiger partial charge in [-0.25, -0.2) is 14.3 Å². The molecule has 1 amide bonds. The van der Waals surface area contributed by atoms with E-state index in [1.54, 1.807) is 36.4 Å². The molecule has 2 N–H and O–H groups in total. The van der Waals surface area contributed by atoms with Gasteiger partial charge in [-0.2, -0.15) is 13.2 Å². The number of amides is 1. The summed E-state index contributed by atoms with van der Waals surface area (Å²) in [6, 6.07) is 14.6. The standard InChI is InChI=1S/C23H16ClF3N4O3S/c24-16-3-1-15(2-4-16)21(33)29-19-11-14(9-10-28-19)12-30-13-20(32)31(22(30)34)17-5-7-18(8-6-17)35-23(25,26)27/h1-11,13,32H,12H2,(H,28,29,33). The van der Waals surface area contributed by atoms with Crippen LogP contribution in [0.15, 0.2) is 82.7 Å². The van der Waals surface area contributed by atoms with Crippen molar-refractivity contribution in [3.63, 3.8) is 0 Å². The summed E-state index contributed by atoms with van der Waals surface area (Å²) >= 11 is 5.56. The van der Waals surface area contributed by atoms with Crippen molar-refractivity contribution in [1.29, 1.82) is 0 Å². The summed E-state index contributed by atoms with van der Waals surface area (Å²) in [6.45, 7) is 0.0493. The van der Waals surface area contributed by atoms with E-state index in [0.717, 1.165) is 4.57 Å². The van der Waals surface area contributed by atoms with Gasteiger partial charge in [0.25, 0.3) is 5.91 Å². The Morgan fingerprint density at radius 1 is 1.09 bits per heavy atom. The predicted octanol–water partition coefficient (Wildman–Crippen LogP) is 5.31. The van der Waals surface area contributed by atoms with Gasteiger partial charge in [-0.3, -0.25) is 9.36 Å². The third kappa shape index (κ3) is 6.06. The molecule has 0 saturated carbocycles. The molecule has 35 heavy (non-hydrogen) atoms. The summed E-state index contributed by atoms with van der Waals surface area (Å²) in [7, 11) is 0. The highest BCUT2D eigenvalue weighted by molar-refractivity contribution is 8.00. The van der Waals surface area contributed by atoms with Gasteiger partial charge in [-0.05, 0) is 78.0 Å². The summed E-state index contributed by atoms with van der Waals surface area (Å²) in [4.78, 5) is 29.3. The molecular formula is C23H16ClF3N4O3S. The molecule has 12 heteroatoms. The van der Waals surface area contributed by atoms with Crippen molar-refractivity contribution in [2.24, 2.45) is 0 Å². The maximum atomic E-state index is 12.9. The Balaban J connectivity index is 1.51. The Kier molecular flexibility index (Phi) is 6.90. The number of benzene rings is 2. The van der Waals surface area contributed by atoms with Crippen LogP contribution in [0.25, 0.3) is 5.69 Å². The second-order valence-electron chi connectivity index (χ2n) is 7.29. The van der Waals surface area contributed by atoms with Crippen molar-refractivity contribution in [2.45, 2.75) is 16.9 Å². The van der Waals surface area contributed by atoms with Gasteiger partial charge in [0.1, 0.15) is 5.82 Å². The van der Waals surface area contributed by atoms with Crippen LogP contribution >= 0.6 is 23.4 Å². The molecule has 0 aliphatic heterocycles. The van der Waals surface area contributed by atoms with Crippen molar-refractivity contribution in [1.82, 2.24) is 14.1 Å². The van der Waals surface area contributed by atoms with E-state index in [2.05, 4.69) is 10.3 Å². The lowest BCUT2D eigenvalue weighted by molar-refractivity contribution is -0.0328. The van der Waals surface area contributed by atoms with Crippen LogP contribution < -0.4 is 11.0 Å². The molecule has 0 saturated heterocycles. The van der Waals surface area contributed by atoms with Crippen LogP contribution in [0.4, 0.5) is 19.0 Å². The number of nitrogens with one attached hydrogen (secondary N) is 1. The number of imidazole rings is 1. The minimum absolute atomic E-state index is 0.0433. The Bertz CT molecular complexity index is 1420.